The third-order valence-electron chi connectivity index (χ3n) is 2.37. The van der Waals surface area contributed by atoms with Gasteiger partial charge in [0.25, 0.3) is 0 Å². The van der Waals surface area contributed by atoms with Gasteiger partial charge >= 0.3 is 0 Å². The molecule has 1 aromatic rings. The van der Waals surface area contributed by atoms with Crippen LogP contribution >= 0.6 is 0 Å². The Labute approximate surface area is 83.1 Å². The van der Waals surface area contributed by atoms with Crippen LogP contribution < -0.4 is 16.6 Å². The number of nitrogens with two attached hydrogens (primary N) is 1. The minimum Gasteiger partial charge on any atom is -0.370 e. The lowest BCUT2D eigenvalue weighted by atomic mass is 10.3. The molecule has 76 valence electrons. The Balaban J connectivity index is 1.81. The van der Waals surface area contributed by atoms with Crippen molar-refractivity contribution in [2.45, 2.75) is 19.3 Å². The molecule has 5 nitrogen and oxygen atoms in total. The predicted molar refractivity (Wildman–Crippen MR) is 55.7 cm³/mol. The Morgan fingerprint density at radius 1 is 1.36 bits per heavy atom. The zero-order chi connectivity index (χ0) is 9.80. The quantitative estimate of drug-likeness (QED) is 0.480. The monoisotopic (exact) mass is 193 g/mol. The average molecular weight is 193 g/mol. The van der Waals surface area contributed by atoms with Crippen LogP contribution in [0.5, 0.6) is 0 Å². The second-order valence-corrected chi connectivity index (χ2v) is 3.59. The Hall–Kier alpha value is -1.36. The number of aromatic nitrogens is 2. The van der Waals surface area contributed by atoms with Gasteiger partial charge in [-0.15, -0.1) is 0 Å². The van der Waals surface area contributed by atoms with Crippen LogP contribution in [0, 0.1) is 5.92 Å². The van der Waals surface area contributed by atoms with Crippen LogP contribution in [-0.4, -0.2) is 16.5 Å². The van der Waals surface area contributed by atoms with Crippen molar-refractivity contribution in [2.75, 3.05) is 17.3 Å². The van der Waals surface area contributed by atoms with E-state index in [1.165, 1.54) is 25.6 Å². The molecule has 0 amide bonds. The molecule has 1 aliphatic carbocycles. The van der Waals surface area contributed by atoms with Gasteiger partial charge in [-0.2, -0.15) is 0 Å². The molecule has 0 saturated heterocycles. The lowest BCUT2D eigenvalue weighted by Crippen LogP contribution is -2.10. The van der Waals surface area contributed by atoms with E-state index in [2.05, 4.69) is 20.7 Å². The van der Waals surface area contributed by atoms with Crippen LogP contribution in [0.4, 0.5) is 11.6 Å². The molecule has 5 heteroatoms. The van der Waals surface area contributed by atoms with Crippen molar-refractivity contribution in [1.82, 2.24) is 9.97 Å². The number of nitrogens with one attached hydrogen (secondary N) is 2. The highest BCUT2D eigenvalue weighted by molar-refractivity contribution is 5.45. The molecule has 0 spiro atoms. The summed E-state index contributed by atoms with van der Waals surface area (Å²) in [5.74, 6) is 7.64. The maximum atomic E-state index is 5.24. The van der Waals surface area contributed by atoms with Crippen LogP contribution in [0.2, 0.25) is 0 Å². The molecule has 1 saturated carbocycles. The summed E-state index contributed by atoms with van der Waals surface area (Å²) in [6.45, 7) is 0.978. The van der Waals surface area contributed by atoms with Crippen molar-refractivity contribution in [1.29, 1.82) is 0 Å². The van der Waals surface area contributed by atoms with Crippen molar-refractivity contribution in [3.8, 4) is 0 Å². The SMILES string of the molecule is NNc1cc(NCCC2CC2)ncn1. The highest BCUT2D eigenvalue weighted by atomic mass is 15.3. The molecular formula is C9H15N5. The van der Waals surface area contributed by atoms with Gasteiger partial charge in [-0.05, 0) is 12.3 Å². The summed E-state index contributed by atoms with van der Waals surface area (Å²) in [6.07, 6.45) is 5.51. The minimum atomic E-state index is 0.633. The molecule has 4 N–H and O–H groups in total. The Morgan fingerprint density at radius 2 is 2.14 bits per heavy atom. The normalized spacial score (nSPS) is 15.2. The molecule has 1 aliphatic rings. The summed E-state index contributed by atoms with van der Waals surface area (Å²) in [7, 11) is 0. The molecule has 2 rings (SSSR count). The standard InChI is InChI=1S/C9H15N5/c10-14-9-5-8(12-6-13-9)11-4-3-7-1-2-7/h5-7H,1-4,10H2,(H2,11,12,13,14). The molecule has 0 aliphatic heterocycles. The second kappa shape index (κ2) is 4.23. The van der Waals surface area contributed by atoms with Gasteiger partial charge in [0.05, 0.1) is 0 Å². The second-order valence-electron chi connectivity index (χ2n) is 3.59. The first-order valence-corrected chi connectivity index (χ1v) is 4.91. The molecule has 14 heavy (non-hydrogen) atoms. The maximum Gasteiger partial charge on any atom is 0.145 e. The van der Waals surface area contributed by atoms with Gasteiger partial charge < -0.3 is 10.7 Å². The van der Waals surface area contributed by atoms with Gasteiger partial charge in [0.2, 0.25) is 0 Å². The summed E-state index contributed by atoms with van der Waals surface area (Å²) < 4.78 is 0. The fourth-order valence-electron chi connectivity index (χ4n) is 1.34. The third-order valence-corrected chi connectivity index (χ3v) is 2.37. The number of hydrogen-bond acceptors (Lipinski definition) is 5. The van der Waals surface area contributed by atoms with E-state index in [1.807, 2.05) is 0 Å². The van der Waals surface area contributed by atoms with Gasteiger partial charge in [0, 0.05) is 12.6 Å². The number of nitrogen functional groups attached to an aromatic ring is 1. The number of rotatable bonds is 5. The van der Waals surface area contributed by atoms with Crippen molar-refractivity contribution in [3.63, 3.8) is 0 Å². The van der Waals surface area contributed by atoms with Crippen molar-refractivity contribution < 1.29 is 0 Å². The first-order chi connectivity index (χ1) is 6.88. The van der Waals surface area contributed by atoms with E-state index in [0.717, 1.165) is 18.3 Å². The molecule has 0 atom stereocenters. The number of hydrazine groups is 1. The Morgan fingerprint density at radius 3 is 2.86 bits per heavy atom. The van der Waals surface area contributed by atoms with Gasteiger partial charge in [-0.25, -0.2) is 15.8 Å². The van der Waals surface area contributed by atoms with Crippen LogP contribution in [-0.2, 0) is 0 Å². The summed E-state index contributed by atoms with van der Waals surface area (Å²) >= 11 is 0. The summed E-state index contributed by atoms with van der Waals surface area (Å²) in [5.41, 5.74) is 2.49. The zero-order valence-electron chi connectivity index (χ0n) is 8.03. The molecular weight excluding hydrogens is 178 g/mol. The fourth-order valence-corrected chi connectivity index (χ4v) is 1.34. The lowest BCUT2D eigenvalue weighted by molar-refractivity contribution is 0.758. The summed E-state index contributed by atoms with van der Waals surface area (Å²) in [6, 6.07) is 1.80. The van der Waals surface area contributed by atoms with Gasteiger partial charge in [0.15, 0.2) is 0 Å². The third kappa shape index (κ3) is 2.56. The highest BCUT2D eigenvalue weighted by Crippen LogP contribution is 2.31. The minimum absolute atomic E-state index is 0.633. The molecule has 0 bridgehead atoms. The zero-order valence-corrected chi connectivity index (χ0v) is 8.03. The van der Waals surface area contributed by atoms with Crippen LogP contribution in [0.15, 0.2) is 12.4 Å². The number of nitrogens with zero attached hydrogens (tertiary/aromatic N) is 2. The van der Waals surface area contributed by atoms with Crippen LogP contribution in [0.3, 0.4) is 0 Å². The van der Waals surface area contributed by atoms with E-state index >= 15 is 0 Å². The smallest absolute Gasteiger partial charge is 0.145 e. The largest absolute Gasteiger partial charge is 0.370 e. The van der Waals surface area contributed by atoms with Gasteiger partial charge in [0.1, 0.15) is 18.0 Å². The predicted octanol–water partition coefficient (Wildman–Crippen LogP) is 0.974. The average Bonchev–Trinajstić information content (AvgIpc) is 3.02. The molecule has 0 unspecified atom stereocenters. The first-order valence-electron chi connectivity index (χ1n) is 4.91. The molecule has 1 aromatic heterocycles. The van der Waals surface area contributed by atoms with E-state index in [9.17, 15) is 0 Å². The van der Waals surface area contributed by atoms with E-state index < -0.39 is 0 Å². The van der Waals surface area contributed by atoms with Crippen molar-refractivity contribution >= 4 is 11.6 Å². The Bertz CT molecular complexity index is 297. The highest BCUT2D eigenvalue weighted by Gasteiger charge is 2.20. The summed E-state index contributed by atoms with van der Waals surface area (Å²) in [5, 5.41) is 3.24. The maximum absolute atomic E-state index is 5.24. The fraction of sp³-hybridized carbons (Fsp3) is 0.556. The molecule has 0 radical (unpaired) electrons. The number of anilines is 2. The first kappa shape index (κ1) is 9.21. The van der Waals surface area contributed by atoms with Crippen molar-refractivity contribution in [2.24, 2.45) is 11.8 Å². The van der Waals surface area contributed by atoms with E-state index in [1.54, 1.807) is 6.07 Å². The Kier molecular flexibility index (Phi) is 2.78. The van der Waals surface area contributed by atoms with E-state index in [0.29, 0.717) is 5.82 Å². The van der Waals surface area contributed by atoms with Gasteiger partial charge in [-0.3, -0.25) is 0 Å². The van der Waals surface area contributed by atoms with E-state index in [-0.39, 0.29) is 0 Å². The molecule has 0 aromatic carbocycles. The number of hydrogen-bond donors (Lipinski definition) is 3. The van der Waals surface area contributed by atoms with Crippen molar-refractivity contribution in [3.05, 3.63) is 12.4 Å². The van der Waals surface area contributed by atoms with Crippen LogP contribution in [0.25, 0.3) is 0 Å². The molecule has 1 fully saturated rings. The molecule has 1 heterocycles. The lowest BCUT2D eigenvalue weighted by Gasteiger charge is -2.05. The summed E-state index contributed by atoms with van der Waals surface area (Å²) in [4.78, 5) is 8.01. The van der Waals surface area contributed by atoms with Gasteiger partial charge in [-0.1, -0.05) is 12.8 Å². The van der Waals surface area contributed by atoms with E-state index in [4.69, 9.17) is 5.84 Å². The topological polar surface area (TPSA) is 75.9 Å². The van der Waals surface area contributed by atoms with Crippen LogP contribution in [0.1, 0.15) is 19.3 Å².